The number of hydrogen-bond donors (Lipinski definition) is 1. The van der Waals surface area contributed by atoms with Crippen molar-refractivity contribution in [2.75, 3.05) is 24.7 Å². The van der Waals surface area contributed by atoms with Gasteiger partial charge in [-0.05, 0) is 32.9 Å². The van der Waals surface area contributed by atoms with Crippen molar-refractivity contribution in [1.29, 1.82) is 5.26 Å². The predicted octanol–water partition coefficient (Wildman–Crippen LogP) is 2.38. The van der Waals surface area contributed by atoms with E-state index in [1.54, 1.807) is 26.1 Å². The highest BCUT2D eigenvalue weighted by Gasteiger charge is 2.30. The first-order chi connectivity index (χ1) is 14.1. The smallest absolute Gasteiger partial charge is 0.136 e. The van der Waals surface area contributed by atoms with Crippen LogP contribution in [0.2, 0.25) is 0 Å². The summed E-state index contributed by atoms with van der Waals surface area (Å²) in [5.74, 6) is 0.669. The van der Waals surface area contributed by atoms with Crippen molar-refractivity contribution in [2.24, 2.45) is 6.98 Å². The topological polar surface area (TPSA) is 95.7 Å². The monoisotopic (exact) mass is 368 g/mol. The van der Waals surface area contributed by atoms with Gasteiger partial charge in [0.15, 0.2) is 0 Å². The summed E-state index contributed by atoms with van der Waals surface area (Å²) in [7, 11) is 0. The molecule has 0 spiro atoms. The molecular weight excluding hydrogens is 342 g/mol. The highest BCUT2D eigenvalue weighted by Crippen LogP contribution is 2.36. The van der Waals surface area contributed by atoms with Gasteiger partial charge in [0.2, 0.25) is 0 Å². The SMILES string of the molecule is [2H]C([2H])([2H])n1nc(-c2ccn[nH]2)c2nc(N3CCOC[C@H]3C)cc(C(C)(C)C#N)c21. The minimum Gasteiger partial charge on any atom is -0.377 e. The van der Waals surface area contributed by atoms with Crippen LogP contribution in [0.15, 0.2) is 18.3 Å². The van der Waals surface area contributed by atoms with Crippen LogP contribution in [0.4, 0.5) is 5.82 Å². The number of anilines is 1. The minimum atomic E-state index is -2.54. The number of aromatic amines is 1. The average Bonchev–Trinajstić information content (AvgIpc) is 3.34. The Morgan fingerprint density at radius 1 is 1.48 bits per heavy atom. The summed E-state index contributed by atoms with van der Waals surface area (Å²) in [5.41, 5.74) is 1.30. The number of fused-ring (bicyclic) bond motifs is 1. The number of hydrogen-bond acceptors (Lipinski definition) is 6. The van der Waals surface area contributed by atoms with Crippen molar-refractivity contribution >= 4 is 16.9 Å². The van der Waals surface area contributed by atoms with E-state index in [1.807, 2.05) is 13.0 Å². The van der Waals surface area contributed by atoms with Gasteiger partial charge in [0.05, 0.1) is 42.0 Å². The van der Waals surface area contributed by atoms with E-state index in [0.29, 0.717) is 53.6 Å². The van der Waals surface area contributed by atoms with Gasteiger partial charge in [-0.3, -0.25) is 9.78 Å². The van der Waals surface area contributed by atoms with Gasteiger partial charge in [-0.1, -0.05) is 0 Å². The van der Waals surface area contributed by atoms with E-state index in [4.69, 9.17) is 13.8 Å². The first kappa shape index (κ1) is 14.2. The van der Waals surface area contributed by atoms with E-state index in [0.717, 1.165) is 4.68 Å². The number of aryl methyl sites for hydroxylation is 1. The number of morpholine rings is 1. The van der Waals surface area contributed by atoms with Gasteiger partial charge in [0.25, 0.3) is 0 Å². The summed E-state index contributed by atoms with van der Waals surface area (Å²) in [4.78, 5) is 6.94. The maximum absolute atomic E-state index is 9.85. The molecule has 1 N–H and O–H groups in total. The minimum absolute atomic E-state index is 0.0926. The van der Waals surface area contributed by atoms with Crippen LogP contribution in [-0.4, -0.2) is 50.8 Å². The van der Waals surface area contributed by atoms with Crippen molar-refractivity contribution in [3.63, 3.8) is 0 Å². The lowest BCUT2D eigenvalue weighted by molar-refractivity contribution is 0.0985. The van der Waals surface area contributed by atoms with E-state index < -0.39 is 12.4 Å². The van der Waals surface area contributed by atoms with Crippen LogP contribution in [0, 0.1) is 11.3 Å². The lowest BCUT2D eigenvalue weighted by Crippen LogP contribution is -2.44. The third kappa shape index (κ3) is 2.84. The molecule has 1 aliphatic rings. The molecule has 1 saturated heterocycles. The molecule has 8 heteroatoms. The molecule has 0 amide bonds. The molecule has 0 aromatic carbocycles. The number of ether oxygens (including phenoxy) is 1. The van der Waals surface area contributed by atoms with E-state index in [-0.39, 0.29) is 6.04 Å². The summed E-state index contributed by atoms with van der Waals surface area (Å²) in [6.45, 7) is 4.83. The number of rotatable bonds is 3. The van der Waals surface area contributed by atoms with E-state index in [2.05, 4.69) is 26.3 Å². The molecule has 140 valence electrons. The molecule has 0 bridgehead atoms. The molecule has 4 rings (SSSR count). The third-order valence-corrected chi connectivity index (χ3v) is 4.99. The zero-order chi connectivity index (χ0) is 21.7. The second-order valence-electron chi connectivity index (χ2n) is 7.31. The Balaban J connectivity index is 2.08. The molecule has 1 atom stereocenters. The fourth-order valence-corrected chi connectivity index (χ4v) is 3.42. The normalized spacial score (nSPS) is 20.1. The summed E-state index contributed by atoms with van der Waals surface area (Å²) in [5, 5.41) is 21.0. The Kier molecular flexibility index (Phi) is 3.34. The van der Waals surface area contributed by atoms with E-state index in [9.17, 15) is 5.26 Å². The number of nitrogens with one attached hydrogen (secondary N) is 1. The van der Waals surface area contributed by atoms with E-state index >= 15 is 0 Å². The van der Waals surface area contributed by atoms with Gasteiger partial charge in [-0.2, -0.15) is 15.5 Å². The summed E-state index contributed by atoms with van der Waals surface area (Å²) in [6.07, 6.45) is 1.57. The van der Waals surface area contributed by atoms with Crippen LogP contribution in [-0.2, 0) is 17.1 Å². The van der Waals surface area contributed by atoms with Gasteiger partial charge in [0, 0.05) is 29.4 Å². The third-order valence-electron chi connectivity index (χ3n) is 4.99. The number of aromatic nitrogens is 5. The summed E-state index contributed by atoms with van der Waals surface area (Å²) < 4.78 is 30.5. The molecule has 3 aromatic rings. The molecule has 8 nitrogen and oxygen atoms in total. The summed E-state index contributed by atoms with van der Waals surface area (Å²) >= 11 is 0. The fourth-order valence-electron chi connectivity index (χ4n) is 3.42. The van der Waals surface area contributed by atoms with Crippen molar-refractivity contribution in [1.82, 2.24) is 25.0 Å². The number of pyridine rings is 1. The van der Waals surface area contributed by atoms with Crippen LogP contribution < -0.4 is 4.90 Å². The van der Waals surface area contributed by atoms with Gasteiger partial charge in [0.1, 0.15) is 17.0 Å². The van der Waals surface area contributed by atoms with Gasteiger partial charge in [-0.25, -0.2) is 4.98 Å². The molecule has 0 saturated carbocycles. The summed E-state index contributed by atoms with van der Waals surface area (Å²) in [6, 6.07) is 5.92. The standard InChI is InChI=1S/C19H23N7O/c1-12-10-27-8-7-26(12)15-9-13(19(2,3)11-20)18-17(22-15)16(24-25(18)4)14-5-6-21-23-14/h5-6,9,12H,7-8,10H2,1-4H3,(H,21,23)/t12-/m1/s1/i4D3. The molecule has 3 aromatic heterocycles. The zero-order valence-electron chi connectivity index (χ0n) is 18.5. The lowest BCUT2D eigenvalue weighted by atomic mass is 9.85. The highest BCUT2D eigenvalue weighted by atomic mass is 16.5. The second kappa shape index (κ2) is 6.35. The van der Waals surface area contributed by atoms with Crippen molar-refractivity contribution in [3.8, 4) is 17.5 Å². The fraction of sp³-hybridized carbons (Fsp3) is 0.474. The van der Waals surface area contributed by atoms with Crippen LogP contribution in [0.3, 0.4) is 0 Å². The van der Waals surface area contributed by atoms with Crippen LogP contribution in [0.1, 0.15) is 30.4 Å². The molecule has 27 heavy (non-hydrogen) atoms. The molecule has 0 radical (unpaired) electrons. The van der Waals surface area contributed by atoms with Crippen molar-refractivity contribution in [2.45, 2.75) is 32.2 Å². The van der Waals surface area contributed by atoms with Crippen LogP contribution >= 0.6 is 0 Å². The van der Waals surface area contributed by atoms with Gasteiger partial charge < -0.3 is 9.64 Å². The quantitative estimate of drug-likeness (QED) is 0.762. The Morgan fingerprint density at radius 2 is 2.33 bits per heavy atom. The molecule has 4 heterocycles. The average molecular weight is 368 g/mol. The molecule has 1 aliphatic heterocycles. The first-order valence-corrected chi connectivity index (χ1v) is 8.83. The molecule has 0 aliphatic carbocycles. The number of nitriles is 1. The van der Waals surface area contributed by atoms with Crippen molar-refractivity contribution in [3.05, 3.63) is 23.9 Å². The predicted molar refractivity (Wildman–Crippen MR) is 102 cm³/mol. The maximum Gasteiger partial charge on any atom is 0.136 e. The second-order valence-corrected chi connectivity index (χ2v) is 7.31. The number of H-pyrrole nitrogens is 1. The van der Waals surface area contributed by atoms with Crippen molar-refractivity contribution < 1.29 is 8.85 Å². The Labute approximate surface area is 162 Å². The largest absolute Gasteiger partial charge is 0.377 e. The van der Waals surface area contributed by atoms with Gasteiger partial charge >= 0.3 is 0 Å². The lowest BCUT2D eigenvalue weighted by Gasteiger charge is -2.35. The molecular formula is C19H23N7O. The van der Waals surface area contributed by atoms with E-state index in [1.165, 1.54) is 0 Å². The van der Waals surface area contributed by atoms with Crippen LogP contribution in [0.5, 0.6) is 0 Å². The Morgan fingerprint density at radius 3 is 3.00 bits per heavy atom. The van der Waals surface area contributed by atoms with Gasteiger partial charge in [-0.15, -0.1) is 0 Å². The molecule has 0 unspecified atom stereocenters. The van der Waals surface area contributed by atoms with Crippen LogP contribution in [0.25, 0.3) is 22.4 Å². The Bertz CT molecular complexity index is 1110. The Hall–Kier alpha value is -2.92. The zero-order valence-corrected chi connectivity index (χ0v) is 15.5. The highest BCUT2D eigenvalue weighted by molar-refractivity contribution is 5.93. The first-order valence-electron chi connectivity index (χ1n) is 10.3. The molecule has 1 fully saturated rings. The maximum atomic E-state index is 9.85. The number of nitrogens with zero attached hydrogens (tertiary/aromatic N) is 6.